The number of halogens is 2. The molecule has 4 nitrogen and oxygen atoms in total. The zero-order valence-corrected chi connectivity index (χ0v) is 15.4. The summed E-state index contributed by atoms with van der Waals surface area (Å²) in [7, 11) is 1.31. The number of nitrogens with zero attached hydrogens (tertiary/aromatic N) is 1. The van der Waals surface area contributed by atoms with E-state index in [-0.39, 0.29) is 5.02 Å². The number of rotatable bonds is 3. The van der Waals surface area contributed by atoms with Gasteiger partial charge in [-0.05, 0) is 32.0 Å². The van der Waals surface area contributed by atoms with Gasteiger partial charge in [0.1, 0.15) is 17.7 Å². The van der Waals surface area contributed by atoms with Crippen LogP contribution in [0, 0.1) is 12.7 Å². The molecule has 0 spiro atoms. The first-order chi connectivity index (χ1) is 12.4. The SMILES string of the molecule is COC(=O)C1=C(C)NC(c2cccc(C)c2)=NC1c1ccc(F)cc1Cl. The highest BCUT2D eigenvalue weighted by molar-refractivity contribution is 6.31. The van der Waals surface area contributed by atoms with Crippen molar-refractivity contribution >= 4 is 23.4 Å². The molecule has 0 fully saturated rings. The molecular weight excluding hydrogens is 355 g/mol. The second-order valence-corrected chi connectivity index (χ2v) is 6.48. The van der Waals surface area contributed by atoms with Crippen LogP contribution in [-0.2, 0) is 9.53 Å². The lowest BCUT2D eigenvalue weighted by atomic mass is 9.95. The van der Waals surface area contributed by atoms with Crippen LogP contribution >= 0.6 is 11.6 Å². The smallest absolute Gasteiger partial charge is 0.338 e. The molecule has 1 N–H and O–H groups in total. The van der Waals surface area contributed by atoms with Crippen LogP contribution in [0.1, 0.15) is 29.7 Å². The number of methoxy groups -OCH3 is 1. The van der Waals surface area contributed by atoms with Crippen LogP contribution < -0.4 is 5.32 Å². The van der Waals surface area contributed by atoms with Crippen LogP contribution in [-0.4, -0.2) is 18.9 Å². The van der Waals surface area contributed by atoms with Crippen molar-refractivity contribution in [1.82, 2.24) is 5.32 Å². The molecule has 0 aliphatic carbocycles. The normalized spacial score (nSPS) is 16.8. The van der Waals surface area contributed by atoms with Gasteiger partial charge in [0.2, 0.25) is 0 Å². The van der Waals surface area contributed by atoms with Crippen LogP contribution in [0.3, 0.4) is 0 Å². The molecule has 1 unspecified atom stereocenters. The number of benzene rings is 2. The monoisotopic (exact) mass is 372 g/mol. The average molecular weight is 373 g/mol. The summed E-state index contributed by atoms with van der Waals surface area (Å²) < 4.78 is 18.4. The second-order valence-electron chi connectivity index (χ2n) is 6.07. The van der Waals surface area contributed by atoms with Gasteiger partial charge in [-0.3, -0.25) is 4.99 Å². The Hall–Kier alpha value is -2.66. The number of hydrogen-bond donors (Lipinski definition) is 1. The molecule has 0 saturated heterocycles. The van der Waals surface area contributed by atoms with E-state index >= 15 is 0 Å². The molecule has 1 aliphatic rings. The van der Waals surface area contributed by atoms with Crippen LogP contribution in [0.25, 0.3) is 0 Å². The van der Waals surface area contributed by atoms with E-state index in [1.807, 2.05) is 31.2 Å². The van der Waals surface area contributed by atoms with Gasteiger partial charge in [-0.25, -0.2) is 9.18 Å². The van der Waals surface area contributed by atoms with Crippen LogP contribution in [0.2, 0.25) is 5.02 Å². The van der Waals surface area contributed by atoms with Gasteiger partial charge >= 0.3 is 5.97 Å². The predicted octanol–water partition coefficient (Wildman–Crippen LogP) is 4.33. The van der Waals surface area contributed by atoms with Gasteiger partial charge in [-0.1, -0.05) is 41.4 Å². The van der Waals surface area contributed by atoms with Crippen LogP contribution in [0.5, 0.6) is 0 Å². The molecule has 1 heterocycles. The van der Waals surface area contributed by atoms with Gasteiger partial charge < -0.3 is 10.1 Å². The molecule has 1 aliphatic heterocycles. The molecule has 0 bridgehead atoms. The number of allylic oxidation sites excluding steroid dienone is 1. The largest absolute Gasteiger partial charge is 0.466 e. The molecule has 2 aromatic carbocycles. The molecule has 2 aromatic rings. The quantitative estimate of drug-likeness (QED) is 0.816. The maximum absolute atomic E-state index is 13.5. The van der Waals surface area contributed by atoms with E-state index < -0.39 is 17.8 Å². The Morgan fingerprint density at radius 3 is 2.65 bits per heavy atom. The predicted molar refractivity (Wildman–Crippen MR) is 99.7 cm³/mol. The summed E-state index contributed by atoms with van der Waals surface area (Å²) in [6, 6.07) is 11.2. The molecule has 0 amide bonds. The van der Waals surface area contributed by atoms with E-state index in [0.717, 1.165) is 11.1 Å². The van der Waals surface area contributed by atoms with Crippen LogP contribution in [0.15, 0.2) is 58.7 Å². The Labute approximate surface area is 156 Å². The number of nitrogens with one attached hydrogen (secondary N) is 1. The number of esters is 1. The molecule has 3 rings (SSSR count). The lowest BCUT2D eigenvalue weighted by molar-refractivity contribution is -0.136. The topological polar surface area (TPSA) is 50.7 Å². The average Bonchev–Trinajstić information content (AvgIpc) is 2.60. The highest BCUT2D eigenvalue weighted by Gasteiger charge is 2.31. The number of aryl methyl sites for hydroxylation is 1. The fraction of sp³-hybridized carbons (Fsp3) is 0.200. The van der Waals surface area contributed by atoms with Crippen molar-refractivity contribution in [2.75, 3.05) is 7.11 Å². The number of ether oxygens (including phenoxy) is 1. The van der Waals surface area contributed by atoms with Crippen molar-refractivity contribution in [3.05, 3.63) is 81.3 Å². The third-order valence-electron chi connectivity index (χ3n) is 4.20. The third-order valence-corrected chi connectivity index (χ3v) is 4.52. The van der Waals surface area contributed by atoms with Gasteiger partial charge in [0.05, 0.1) is 12.7 Å². The summed E-state index contributed by atoms with van der Waals surface area (Å²) in [5.41, 5.74) is 3.48. The zero-order valence-electron chi connectivity index (χ0n) is 14.6. The summed E-state index contributed by atoms with van der Waals surface area (Å²) in [5.74, 6) is -0.340. The summed E-state index contributed by atoms with van der Waals surface area (Å²) in [5, 5.41) is 3.37. The Bertz CT molecular complexity index is 937. The van der Waals surface area contributed by atoms with Gasteiger partial charge in [-0.15, -0.1) is 0 Å². The van der Waals surface area contributed by atoms with E-state index in [0.29, 0.717) is 22.7 Å². The number of hydrogen-bond acceptors (Lipinski definition) is 4. The molecule has 0 aromatic heterocycles. The third kappa shape index (κ3) is 3.48. The van der Waals surface area contributed by atoms with E-state index in [2.05, 4.69) is 5.32 Å². The first-order valence-electron chi connectivity index (χ1n) is 8.06. The molecule has 0 saturated carbocycles. The lowest BCUT2D eigenvalue weighted by Gasteiger charge is -2.26. The molecule has 6 heteroatoms. The van der Waals surface area contributed by atoms with Crippen molar-refractivity contribution in [2.24, 2.45) is 4.99 Å². The van der Waals surface area contributed by atoms with E-state index in [9.17, 15) is 9.18 Å². The Kier molecular flexibility index (Phi) is 5.09. The van der Waals surface area contributed by atoms with Gasteiger partial charge in [0.25, 0.3) is 0 Å². The fourth-order valence-corrected chi connectivity index (χ4v) is 3.21. The van der Waals surface area contributed by atoms with Crippen molar-refractivity contribution in [3.8, 4) is 0 Å². The van der Waals surface area contributed by atoms with Crippen molar-refractivity contribution in [2.45, 2.75) is 19.9 Å². The number of carbonyl (C=O) groups is 1. The minimum Gasteiger partial charge on any atom is -0.466 e. The number of amidine groups is 1. The summed E-state index contributed by atoms with van der Waals surface area (Å²) in [6.45, 7) is 3.77. The standard InChI is InChI=1S/C20H18ClFN2O2/c1-11-5-4-6-13(9-11)19-23-12(2)17(20(25)26-3)18(24-19)15-8-7-14(22)10-16(15)21/h4-10,18H,1-3H3,(H,23,24). The summed E-state index contributed by atoms with van der Waals surface area (Å²) >= 11 is 6.24. The highest BCUT2D eigenvalue weighted by Crippen LogP contribution is 2.36. The molecular formula is C20H18ClFN2O2. The van der Waals surface area contributed by atoms with Crippen LogP contribution in [0.4, 0.5) is 4.39 Å². The highest BCUT2D eigenvalue weighted by atomic mass is 35.5. The van der Waals surface area contributed by atoms with E-state index in [4.69, 9.17) is 21.3 Å². The first kappa shape index (κ1) is 18.1. The maximum Gasteiger partial charge on any atom is 0.338 e. The van der Waals surface area contributed by atoms with Crippen molar-refractivity contribution < 1.29 is 13.9 Å². The first-order valence-corrected chi connectivity index (χ1v) is 8.44. The Morgan fingerprint density at radius 1 is 1.23 bits per heavy atom. The maximum atomic E-state index is 13.5. The number of aliphatic imine (C=N–C) groups is 1. The second kappa shape index (κ2) is 7.30. The van der Waals surface area contributed by atoms with E-state index in [1.54, 1.807) is 13.0 Å². The summed E-state index contributed by atoms with van der Waals surface area (Å²) in [6.07, 6.45) is 0. The minimum absolute atomic E-state index is 0.207. The molecule has 0 radical (unpaired) electrons. The molecule has 26 heavy (non-hydrogen) atoms. The Balaban J connectivity index is 2.15. The molecule has 134 valence electrons. The molecule has 1 atom stereocenters. The number of carbonyl (C=O) groups excluding carboxylic acids is 1. The van der Waals surface area contributed by atoms with Gasteiger partial charge in [0, 0.05) is 21.8 Å². The zero-order chi connectivity index (χ0) is 18.8. The Morgan fingerprint density at radius 2 is 2.00 bits per heavy atom. The van der Waals surface area contributed by atoms with Gasteiger partial charge in [-0.2, -0.15) is 0 Å². The fourth-order valence-electron chi connectivity index (χ4n) is 2.94. The van der Waals surface area contributed by atoms with E-state index in [1.165, 1.54) is 19.2 Å². The van der Waals surface area contributed by atoms with Crippen molar-refractivity contribution in [3.63, 3.8) is 0 Å². The lowest BCUT2D eigenvalue weighted by Crippen LogP contribution is -2.32. The summed E-state index contributed by atoms with van der Waals surface area (Å²) in [4.78, 5) is 17.0. The van der Waals surface area contributed by atoms with Gasteiger partial charge in [0.15, 0.2) is 0 Å². The van der Waals surface area contributed by atoms with Crippen molar-refractivity contribution in [1.29, 1.82) is 0 Å². The minimum atomic E-state index is -0.688.